The normalized spacial score (nSPS) is 10.4. The molecule has 0 spiro atoms. The summed E-state index contributed by atoms with van der Waals surface area (Å²) < 4.78 is 15.7. The van der Waals surface area contributed by atoms with Crippen molar-refractivity contribution in [3.8, 4) is 22.6 Å². The second kappa shape index (κ2) is 10.1. The number of hydrogen-bond acceptors (Lipinski definition) is 8. The van der Waals surface area contributed by atoms with Crippen molar-refractivity contribution >= 4 is 33.9 Å². The number of aryl methyl sites for hydroxylation is 1. The van der Waals surface area contributed by atoms with Crippen LogP contribution in [0.2, 0.25) is 0 Å². The van der Waals surface area contributed by atoms with Crippen molar-refractivity contribution in [1.29, 1.82) is 0 Å². The number of ether oxygens (including phenoxy) is 3. The lowest BCUT2D eigenvalue weighted by atomic mass is 10.0. The van der Waals surface area contributed by atoms with Gasteiger partial charge in [-0.1, -0.05) is 0 Å². The van der Waals surface area contributed by atoms with E-state index >= 15 is 0 Å². The van der Waals surface area contributed by atoms with Crippen LogP contribution in [0.25, 0.3) is 11.1 Å². The number of carbonyl (C=O) groups is 2. The highest BCUT2D eigenvalue weighted by Gasteiger charge is 2.26. The first-order valence-electron chi connectivity index (χ1n) is 9.88. The zero-order valence-corrected chi connectivity index (χ0v) is 19.3. The minimum atomic E-state index is -0.603. The van der Waals surface area contributed by atoms with Gasteiger partial charge in [-0.15, -0.1) is 11.3 Å². The number of carbonyl (C=O) groups excluding carboxylic acids is 2. The number of non-ortho nitro benzene ring substituents is 1. The van der Waals surface area contributed by atoms with Gasteiger partial charge in [-0.3, -0.25) is 14.9 Å². The summed E-state index contributed by atoms with van der Waals surface area (Å²) in [6.07, 6.45) is 0. The van der Waals surface area contributed by atoms with Crippen LogP contribution in [0.5, 0.6) is 11.5 Å². The molecular formula is C23H22N2O7S. The Morgan fingerprint density at radius 2 is 1.67 bits per heavy atom. The van der Waals surface area contributed by atoms with Crippen molar-refractivity contribution in [2.45, 2.75) is 13.8 Å². The molecule has 10 heteroatoms. The number of anilines is 1. The molecule has 3 aromatic rings. The third-order valence-corrected chi connectivity index (χ3v) is 5.79. The number of rotatable bonds is 8. The summed E-state index contributed by atoms with van der Waals surface area (Å²) in [5.74, 6) is -0.180. The molecule has 1 amide bonds. The number of nitrogens with zero attached hydrogens (tertiary/aromatic N) is 1. The summed E-state index contributed by atoms with van der Waals surface area (Å²) in [7, 11) is 2.96. The second-order valence-electron chi connectivity index (χ2n) is 6.82. The van der Waals surface area contributed by atoms with Gasteiger partial charge in [-0.05, 0) is 43.7 Å². The number of nitro groups is 1. The van der Waals surface area contributed by atoms with Crippen LogP contribution in [0.3, 0.4) is 0 Å². The molecule has 0 aliphatic carbocycles. The van der Waals surface area contributed by atoms with Crippen molar-refractivity contribution in [2.24, 2.45) is 0 Å². The molecule has 1 N–H and O–H groups in total. The van der Waals surface area contributed by atoms with E-state index in [9.17, 15) is 19.7 Å². The van der Waals surface area contributed by atoms with Gasteiger partial charge in [0.1, 0.15) is 22.1 Å². The SMILES string of the molecule is CCOC(=O)c1c(NC(=O)c2cc(OC)cc(OC)c2)sc(C)c1-c1ccc([N+](=O)[O-])cc1. The number of nitro benzene ring substituents is 1. The lowest BCUT2D eigenvalue weighted by Gasteiger charge is -2.11. The Labute approximate surface area is 194 Å². The standard InChI is InChI=1S/C23H22N2O7S/c1-5-32-23(27)20-19(14-6-8-16(9-7-14)25(28)29)13(2)33-22(20)24-21(26)15-10-17(30-3)12-18(11-15)31-4/h6-12H,5H2,1-4H3,(H,24,26). The van der Waals surface area contributed by atoms with Gasteiger partial charge < -0.3 is 19.5 Å². The zero-order valence-electron chi connectivity index (χ0n) is 18.5. The largest absolute Gasteiger partial charge is 0.497 e. The van der Waals surface area contributed by atoms with Crippen molar-refractivity contribution in [3.05, 3.63) is 68.6 Å². The van der Waals surface area contributed by atoms with Crippen LogP contribution in [-0.2, 0) is 4.74 Å². The van der Waals surface area contributed by atoms with Crippen molar-refractivity contribution in [1.82, 2.24) is 0 Å². The van der Waals surface area contributed by atoms with Gasteiger partial charge >= 0.3 is 5.97 Å². The third kappa shape index (κ3) is 5.12. The molecule has 172 valence electrons. The van der Waals surface area contributed by atoms with Crippen LogP contribution < -0.4 is 14.8 Å². The van der Waals surface area contributed by atoms with Gasteiger partial charge in [-0.25, -0.2) is 4.79 Å². The number of hydrogen-bond donors (Lipinski definition) is 1. The first-order chi connectivity index (χ1) is 15.8. The fraction of sp³-hybridized carbons (Fsp3) is 0.217. The summed E-state index contributed by atoms with van der Waals surface area (Å²) in [6, 6.07) is 10.6. The lowest BCUT2D eigenvalue weighted by Crippen LogP contribution is -2.15. The molecule has 0 saturated carbocycles. The van der Waals surface area contributed by atoms with Gasteiger partial charge in [0, 0.05) is 34.2 Å². The van der Waals surface area contributed by atoms with Crippen molar-refractivity contribution < 1.29 is 28.7 Å². The highest BCUT2D eigenvalue weighted by atomic mass is 32.1. The summed E-state index contributed by atoms with van der Waals surface area (Å²) in [5, 5.41) is 14.1. The first kappa shape index (κ1) is 23.7. The third-order valence-electron chi connectivity index (χ3n) is 4.77. The van der Waals surface area contributed by atoms with Gasteiger partial charge in [0.25, 0.3) is 11.6 Å². The fourth-order valence-corrected chi connectivity index (χ4v) is 4.30. The van der Waals surface area contributed by atoms with E-state index in [4.69, 9.17) is 14.2 Å². The van der Waals surface area contributed by atoms with Gasteiger partial charge in [0.15, 0.2) is 0 Å². The molecule has 33 heavy (non-hydrogen) atoms. The molecule has 0 bridgehead atoms. The van der Waals surface area contributed by atoms with Crippen LogP contribution in [0.1, 0.15) is 32.5 Å². The van der Waals surface area contributed by atoms with E-state index in [1.54, 1.807) is 44.2 Å². The molecule has 0 radical (unpaired) electrons. The molecule has 0 unspecified atom stereocenters. The zero-order chi connectivity index (χ0) is 24.1. The molecule has 3 rings (SSSR count). The summed E-state index contributed by atoms with van der Waals surface area (Å²) >= 11 is 1.21. The predicted octanol–water partition coefficient (Wildman–Crippen LogP) is 5.08. The number of benzene rings is 2. The molecule has 1 aromatic heterocycles. The molecule has 0 aliphatic rings. The Morgan fingerprint density at radius 1 is 1.06 bits per heavy atom. The quantitative estimate of drug-likeness (QED) is 0.277. The Balaban J connectivity index is 2.05. The molecule has 0 saturated heterocycles. The van der Waals surface area contributed by atoms with E-state index in [0.717, 1.165) is 4.88 Å². The molecule has 0 atom stereocenters. The maximum atomic E-state index is 13.0. The van der Waals surface area contributed by atoms with E-state index in [1.807, 2.05) is 0 Å². The van der Waals surface area contributed by atoms with Crippen LogP contribution in [-0.4, -0.2) is 37.6 Å². The van der Waals surface area contributed by atoms with E-state index in [-0.39, 0.29) is 23.4 Å². The highest BCUT2D eigenvalue weighted by molar-refractivity contribution is 7.17. The number of nitrogens with one attached hydrogen (secondary N) is 1. The summed E-state index contributed by atoms with van der Waals surface area (Å²) in [5.41, 5.74) is 1.55. The number of thiophene rings is 1. The highest BCUT2D eigenvalue weighted by Crippen LogP contribution is 2.41. The van der Waals surface area contributed by atoms with E-state index < -0.39 is 16.8 Å². The Hall–Kier alpha value is -3.92. The number of esters is 1. The molecule has 9 nitrogen and oxygen atoms in total. The minimum Gasteiger partial charge on any atom is -0.497 e. The Morgan fingerprint density at radius 3 is 2.18 bits per heavy atom. The van der Waals surface area contributed by atoms with Crippen LogP contribution in [0.4, 0.5) is 10.7 Å². The topological polar surface area (TPSA) is 117 Å². The lowest BCUT2D eigenvalue weighted by molar-refractivity contribution is -0.384. The predicted molar refractivity (Wildman–Crippen MR) is 125 cm³/mol. The second-order valence-corrected chi connectivity index (χ2v) is 8.04. The average Bonchev–Trinajstić information content (AvgIpc) is 3.14. The molecular weight excluding hydrogens is 448 g/mol. The van der Waals surface area contributed by atoms with Gasteiger partial charge in [0.05, 0.1) is 25.7 Å². The summed E-state index contributed by atoms with van der Waals surface area (Å²) in [6.45, 7) is 3.63. The van der Waals surface area contributed by atoms with E-state index in [0.29, 0.717) is 27.6 Å². The Kier molecular flexibility index (Phi) is 7.29. The van der Waals surface area contributed by atoms with Crippen LogP contribution >= 0.6 is 11.3 Å². The maximum absolute atomic E-state index is 13.0. The fourth-order valence-electron chi connectivity index (χ4n) is 3.24. The minimum absolute atomic E-state index is 0.0650. The van der Waals surface area contributed by atoms with Crippen LogP contribution in [0.15, 0.2) is 42.5 Å². The van der Waals surface area contributed by atoms with E-state index in [2.05, 4.69) is 5.32 Å². The molecule has 0 fully saturated rings. The first-order valence-corrected chi connectivity index (χ1v) is 10.7. The molecule has 2 aromatic carbocycles. The molecule has 1 heterocycles. The Bertz CT molecular complexity index is 1180. The van der Waals surface area contributed by atoms with E-state index in [1.165, 1.54) is 37.7 Å². The molecule has 0 aliphatic heterocycles. The van der Waals surface area contributed by atoms with Gasteiger partial charge in [0.2, 0.25) is 0 Å². The number of amides is 1. The monoisotopic (exact) mass is 470 g/mol. The maximum Gasteiger partial charge on any atom is 0.341 e. The van der Waals surface area contributed by atoms with Gasteiger partial charge in [-0.2, -0.15) is 0 Å². The average molecular weight is 471 g/mol. The smallest absolute Gasteiger partial charge is 0.341 e. The van der Waals surface area contributed by atoms with Crippen molar-refractivity contribution in [3.63, 3.8) is 0 Å². The number of methoxy groups -OCH3 is 2. The van der Waals surface area contributed by atoms with Crippen LogP contribution in [0, 0.1) is 17.0 Å². The summed E-state index contributed by atoms with van der Waals surface area (Å²) in [4.78, 5) is 37.1. The van der Waals surface area contributed by atoms with Crippen molar-refractivity contribution in [2.75, 3.05) is 26.1 Å².